The van der Waals surface area contributed by atoms with E-state index in [4.69, 9.17) is 18.9 Å². The predicted molar refractivity (Wildman–Crippen MR) is 254 cm³/mol. The first-order valence-electron chi connectivity index (χ1n) is 24.0. The molecule has 1 aromatic carbocycles. The summed E-state index contributed by atoms with van der Waals surface area (Å²) in [7, 11) is 5.63. The molecule has 1 aromatic rings. The molecule has 1 heterocycles. The minimum Gasteiger partial charge on any atom is -0.450 e. The van der Waals surface area contributed by atoms with Gasteiger partial charge in [-0.1, -0.05) is 127 Å². The van der Waals surface area contributed by atoms with Crippen LogP contribution in [-0.2, 0) is 63.7 Å². The van der Waals surface area contributed by atoms with Gasteiger partial charge in [-0.25, -0.2) is 19.2 Å². The van der Waals surface area contributed by atoms with Crippen molar-refractivity contribution in [3.05, 3.63) is 35.9 Å². The van der Waals surface area contributed by atoms with Gasteiger partial charge >= 0.3 is 23.9 Å². The van der Waals surface area contributed by atoms with Crippen LogP contribution < -0.4 is 0 Å². The first-order valence-corrected chi connectivity index (χ1v) is 24.0. The molecule has 16 heteroatoms. The molecule has 1 aliphatic rings. The summed E-state index contributed by atoms with van der Waals surface area (Å²) in [6, 6.07) is 3.93. The van der Waals surface area contributed by atoms with E-state index in [0.29, 0.717) is 5.56 Å². The summed E-state index contributed by atoms with van der Waals surface area (Å²) < 4.78 is 24.1. The number of nitrogens with zero attached hydrogens (tertiary/aromatic N) is 4. The molecule has 8 unspecified atom stereocenters. The predicted octanol–water partition coefficient (Wildman–Crippen LogP) is 5.96. The average Bonchev–Trinajstić information content (AvgIpc) is 3.24. The maximum Gasteiger partial charge on any atom is 0.329 e. The van der Waals surface area contributed by atoms with E-state index in [1.165, 1.54) is 42.9 Å². The Labute approximate surface area is 400 Å². The van der Waals surface area contributed by atoms with Gasteiger partial charge in [0.25, 0.3) is 23.6 Å². The summed E-state index contributed by atoms with van der Waals surface area (Å²) >= 11 is 0. The van der Waals surface area contributed by atoms with Crippen molar-refractivity contribution in [3.63, 3.8) is 0 Å². The van der Waals surface area contributed by atoms with Crippen LogP contribution in [-0.4, -0.2) is 144 Å². The second kappa shape index (κ2) is 25.9. The maximum absolute atomic E-state index is 14.6. The standard InChI is InChI=1S/C51H82N4O12/c1-28(2)24-36-48(60)64-41(32(9)10)45(57)53(16)38(26-30(5)6)50(62)66-43(34(13)14)47(59)55(18)39(27-35-22-20-19-21-23-35)51(63)67-42(33(11)12)46(58)54(17)37(25-29(3)4)49(61)65-40(31(7)8)44(56)52(36)15/h19-23,28-34,36-43H,24-27H2,1-18H3. The van der Waals surface area contributed by atoms with Crippen molar-refractivity contribution < 1.29 is 57.3 Å². The van der Waals surface area contributed by atoms with Crippen LogP contribution in [0.1, 0.15) is 122 Å². The van der Waals surface area contributed by atoms with E-state index in [1.807, 2.05) is 41.5 Å². The van der Waals surface area contributed by atoms with E-state index >= 15 is 0 Å². The molecule has 1 aliphatic heterocycles. The van der Waals surface area contributed by atoms with Gasteiger partial charge in [0, 0.05) is 34.6 Å². The van der Waals surface area contributed by atoms with Crippen LogP contribution in [0.25, 0.3) is 0 Å². The molecule has 0 spiro atoms. The third-order valence-corrected chi connectivity index (χ3v) is 12.1. The molecular weight excluding hydrogens is 861 g/mol. The van der Waals surface area contributed by atoms with Crippen LogP contribution in [0.5, 0.6) is 0 Å². The number of likely N-dealkylation sites (N-methyl/N-ethyl adjacent to an activating group) is 4. The molecule has 0 aliphatic carbocycles. The number of rotatable bonds is 12. The fourth-order valence-corrected chi connectivity index (χ4v) is 7.91. The summed E-state index contributed by atoms with van der Waals surface area (Å²) in [5.74, 6) is -9.18. The number of benzene rings is 1. The van der Waals surface area contributed by atoms with Gasteiger partial charge in [-0.15, -0.1) is 0 Å². The third-order valence-electron chi connectivity index (χ3n) is 12.1. The molecule has 0 N–H and O–H groups in total. The Morgan fingerprint density at radius 3 is 0.821 bits per heavy atom. The fourth-order valence-electron chi connectivity index (χ4n) is 7.91. The molecule has 8 atom stereocenters. The van der Waals surface area contributed by atoms with E-state index < -0.39 is 120 Å². The van der Waals surface area contributed by atoms with Gasteiger partial charge in [-0.05, 0) is 66.3 Å². The number of ether oxygens (including phenoxy) is 4. The highest BCUT2D eigenvalue weighted by Crippen LogP contribution is 2.26. The lowest BCUT2D eigenvalue weighted by Gasteiger charge is -2.37. The Balaban J connectivity index is 2.96. The Kier molecular flexibility index (Phi) is 22.5. The first kappa shape index (κ1) is 58.1. The monoisotopic (exact) mass is 943 g/mol. The molecule has 0 saturated carbocycles. The number of hydrogen-bond donors (Lipinski definition) is 0. The molecule has 16 nitrogen and oxygen atoms in total. The zero-order chi connectivity index (χ0) is 51.4. The van der Waals surface area contributed by atoms with Crippen molar-refractivity contribution in [2.75, 3.05) is 28.2 Å². The van der Waals surface area contributed by atoms with Crippen LogP contribution >= 0.6 is 0 Å². The number of amides is 4. The van der Waals surface area contributed by atoms with E-state index in [9.17, 15) is 38.4 Å². The van der Waals surface area contributed by atoms with Crippen LogP contribution in [0, 0.1) is 41.4 Å². The number of hydrogen-bond acceptors (Lipinski definition) is 12. The fraction of sp³-hybridized carbons (Fsp3) is 0.725. The highest BCUT2D eigenvalue weighted by atomic mass is 16.6. The lowest BCUT2D eigenvalue weighted by Crippen LogP contribution is -2.56. The average molecular weight is 943 g/mol. The molecule has 378 valence electrons. The highest BCUT2D eigenvalue weighted by Gasteiger charge is 2.45. The number of esters is 4. The third kappa shape index (κ3) is 16.0. The molecule has 0 bridgehead atoms. The van der Waals surface area contributed by atoms with Gasteiger partial charge in [-0.3, -0.25) is 19.2 Å². The van der Waals surface area contributed by atoms with Gasteiger partial charge in [0.2, 0.25) is 0 Å². The minimum absolute atomic E-state index is 0.0303. The van der Waals surface area contributed by atoms with Crippen LogP contribution in [0.3, 0.4) is 0 Å². The maximum atomic E-state index is 14.6. The van der Waals surface area contributed by atoms with Crippen molar-refractivity contribution in [1.29, 1.82) is 0 Å². The second-order valence-electron chi connectivity index (χ2n) is 20.8. The molecule has 1 fully saturated rings. The van der Waals surface area contributed by atoms with Crippen molar-refractivity contribution in [1.82, 2.24) is 19.6 Å². The van der Waals surface area contributed by atoms with Crippen LogP contribution in [0.15, 0.2) is 30.3 Å². The van der Waals surface area contributed by atoms with Gasteiger partial charge < -0.3 is 38.5 Å². The molecule has 2 rings (SSSR count). The van der Waals surface area contributed by atoms with E-state index in [1.54, 1.807) is 85.7 Å². The van der Waals surface area contributed by atoms with Gasteiger partial charge in [0.15, 0.2) is 24.4 Å². The molecule has 0 radical (unpaired) electrons. The topological polar surface area (TPSA) is 186 Å². The Morgan fingerprint density at radius 2 is 0.597 bits per heavy atom. The number of carbonyl (C=O) groups excluding carboxylic acids is 8. The minimum atomic E-state index is -1.43. The Morgan fingerprint density at radius 1 is 0.373 bits per heavy atom. The smallest absolute Gasteiger partial charge is 0.329 e. The molecule has 0 aromatic heterocycles. The largest absolute Gasteiger partial charge is 0.450 e. The zero-order valence-electron chi connectivity index (χ0n) is 43.6. The summed E-state index contributed by atoms with van der Waals surface area (Å²) in [5.41, 5.74) is 0.674. The molecular formula is C51H82N4O12. The van der Waals surface area contributed by atoms with Crippen LogP contribution in [0.2, 0.25) is 0 Å². The van der Waals surface area contributed by atoms with E-state index in [-0.39, 0.29) is 43.4 Å². The van der Waals surface area contributed by atoms with E-state index in [2.05, 4.69) is 0 Å². The zero-order valence-corrected chi connectivity index (χ0v) is 43.6. The normalized spacial score (nSPS) is 25.7. The van der Waals surface area contributed by atoms with Crippen molar-refractivity contribution in [2.24, 2.45) is 41.4 Å². The highest BCUT2D eigenvalue weighted by molar-refractivity contribution is 5.94. The summed E-state index contributed by atoms with van der Waals surface area (Å²) in [4.78, 5) is 120. The van der Waals surface area contributed by atoms with Crippen molar-refractivity contribution in [2.45, 2.75) is 171 Å². The molecule has 1 saturated heterocycles. The summed E-state index contributed by atoms with van der Waals surface area (Å²) in [5, 5.41) is 0. The van der Waals surface area contributed by atoms with Gasteiger partial charge in [-0.2, -0.15) is 0 Å². The Bertz CT molecular complexity index is 1830. The number of carbonyl (C=O) groups is 8. The molecule has 67 heavy (non-hydrogen) atoms. The summed E-state index contributed by atoms with van der Waals surface area (Å²) in [6.07, 6.45) is -5.32. The Hall–Kier alpha value is -5.02. The number of cyclic esters (lactones) is 4. The van der Waals surface area contributed by atoms with Gasteiger partial charge in [0.05, 0.1) is 0 Å². The lowest BCUT2D eigenvalue weighted by molar-refractivity contribution is -0.180. The SMILES string of the molecule is CC(C)CC1C(=O)OC(C(C)C)C(=O)N(C)C(Cc2ccccc2)C(=O)OC(C(C)C)C(=O)N(C)C(CC(C)C)C(=O)OC(C(C)C)C(=O)N(C)C(CC(C)C)C(=O)OC(C(C)C)C(=O)N1C. The van der Waals surface area contributed by atoms with Crippen molar-refractivity contribution >= 4 is 47.5 Å². The quantitative estimate of drug-likeness (QED) is 0.177. The van der Waals surface area contributed by atoms with Gasteiger partial charge in [0.1, 0.15) is 24.2 Å². The van der Waals surface area contributed by atoms with Crippen molar-refractivity contribution in [3.8, 4) is 0 Å². The van der Waals surface area contributed by atoms with Crippen LogP contribution in [0.4, 0.5) is 0 Å². The second-order valence-corrected chi connectivity index (χ2v) is 20.8. The molecule has 4 amide bonds. The first-order chi connectivity index (χ1) is 31.0. The van der Waals surface area contributed by atoms with E-state index in [0.717, 1.165) is 4.90 Å². The lowest BCUT2D eigenvalue weighted by atomic mass is 9.98. The summed E-state index contributed by atoms with van der Waals surface area (Å²) in [6.45, 7) is 24.7.